The average Bonchev–Trinajstić information content (AvgIpc) is 3.05. The van der Waals surface area contributed by atoms with E-state index in [-0.39, 0.29) is 23.3 Å². The molecular formula is C18H20ClNO3S2. The van der Waals surface area contributed by atoms with Crippen LogP contribution in [0.3, 0.4) is 0 Å². The van der Waals surface area contributed by atoms with Crippen LogP contribution in [-0.2, 0) is 9.84 Å². The van der Waals surface area contributed by atoms with Crippen LogP contribution in [0.25, 0.3) is 0 Å². The highest BCUT2D eigenvalue weighted by molar-refractivity contribution is 8.00. The molecule has 0 N–H and O–H groups in total. The van der Waals surface area contributed by atoms with E-state index < -0.39 is 9.84 Å². The monoisotopic (exact) mass is 397 g/mol. The molecular weight excluding hydrogens is 378 g/mol. The maximum atomic E-state index is 12.6. The summed E-state index contributed by atoms with van der Waals surface area (Å²) in [5.74, 6) is 0.788. The van der Waals surface area contributed by atoms with Crippen molar-refractivity contribution in [3.8, 4) is 0 Å². The van der Waals surface area contributed by atoms with Gasteiger partial charge in [0.2, 0.25) is 0 Å². The second kappa shape index (κ2) is 7.17. The van der Waals surface area contributed by atoms with Crippen molar-refractivity contribution in [1.82, 2.24) is 4.57 Å². The van der Waals surface area contributed by atoms with E-state index in [1.54, 1.807) is 12.1 Å². The molecule has 4 nitrogen and oxygen atoms in total. The normalized spacial score (nSPS) is 19.2. The Morgan fingerprint density at radius 3 is 2.56 bits per heavy atom. The van der Waals surface area contributed by atoms with Gasteiger partial charge >= 0.3 is 0 Å². The zero-order valence-corrected chi connectivity index (χ0v) is 16.5. The molecule has 0 amide bonds. The summed E-state index contributed by atoms with van der Waals surface area (Å²) < 4.78 is 25.6. The molecule has 1 aliphatic rings. The zero-order chi connectivity index (χ0) is 18.2. The first kappa shape index (κ1) is 18.5. The lowest BCUT2D eigenvalue weighted by Gasteiger charge is -2.16. The summed E-state index contributed by atoms with van der Waals surface area (Å²) in [4.78, 5) is 13.6. The van der Waals surface area contributed by atoms with Gasteiger partial charge < -0.3 is 4.57 Å². The van der Waals surface area contributed by atoms with Gasteiger partial charge in [-0.05, 0) is 50.6 Å². The molecule has 0 aliphatic carbocycles. The summed E-state index contributed by atoms with van der Waals surface area (Å²) in [6.45, 7) is 3.83. The largest absolute Gasteiger partial charge is 0.344 e. The molecule has 1 aromatic heterocycles. The third-order valence-electron chi connectivity index (χ3n) is 4.54. The molecule has 2 aromatic rings. The Kier molecular flexibility index (Phi) is 5.32. The highest BCUT2D eigenvalue weighted by Crippen LogP contribution is 2.30. The number of aryl methyl sites for hydroxylation is 1. The van der Waals surface area contributed by atoms with Gasteiger partial charge in [-0.3, -0.25) is 4.79 Å². The third-order valence-corrected chi connectivity index (χ3v) is 7.56. The number of nitrogens with zero attached hydrogens (tertiary/aromatic N) is 1. The minimum Gasteiger partial charge on any atom is -0.344 e. The van der Waals surface area contributed by atoms with Crippen LogP contribution in [0.1, 0.15) is 34.2 Å². The summed E-state index contributed by atoms with van der Waals surface area (Å²) >= 11 is 7.35. The minimum absolute atomic E-state index is 0.0557. The number of ketones is 1. The van der Waals surface area contributed by atoms with Crippen molar-refractivity contribution in [2.24, 2.45) is 0 Å². The molecule has 0 radical (unpaired) electrons. The molecule has 1 aliphatic heterocycles. The van der Waals surface area contributed by atoms with Gasteiger partial charge in [0.1, 0.15) is 0 Å². The van der Waals surface area contributed by atoms with Gasteiger partial charge in [0, 0.05) is 32.9 Å². The van der Waals surface area contributed by atoms with Crippen LogP contribution in [0, 0.1) is 13.8 Å². The van der Waals surface area contributed by atoms with Crippen molar-refractivity contribution >= 4 is 39.0 Å². The summed E-state index contributed by atoms with van der Waals surface area (Å²) in [5.41, 5.74) is 2.49. The molecule has 134 valence electrons. The van der Waals surface area contributed by atoms with E-state index in [9.17, 15) is 13.2 Å². The van der Waals surface area contributed by atoms with Gasteiger partial charge in [-0.1, -0.05) is 11.6 Å². The van der Waals surface area contributed by atoms with E-state index in [0.717, 1.165) is 16.3 Å². The molecule has 0 bridgehead atoms. The second-order valence-electron chi connectivity index (χ2n) is 6.38. The van der Waals surface area contributed by atoms with E-state index >= 15 is 0 Å². The van der Waals surface area contributed by atoms with E-state index in [4.69, 9.17) is 11.6 Å². The number of sulfone groups is 1. The fourth-order valence-corrected chi connectivity index (χ4v) is 5.97. The topological polar surface area (TPSA) is 56.1 Å². The molecule has 1 fully saturated rings. The number of halogens is 1. The van der Waals surface area contributed by atoms with Gasteiger partial charge in [0.05, 0.1) is 17.3 Å². The number of Topliss-reactive ketones (excluding diaryl/α,β-unsaturated/α-hetero) is 1. The molecule has 0 spiro atoms. The zero-order valence-electron chi connectivity index (χ0n) is 14.2. The molecule has 0 unspecified atom stereocenters. The number of rotatable bonds is 5. The Hall–Kier alpha value is -1.24. The average molecular weight is 398 g/mol. The highest BCUT2D eigenvalue weighted by Gasteiger charge is 2.31. The van der Waals surface area contributed by atoms with E-state index in [2.05, 4.69) is 0 Å². The van der Waals surface area contributed by atoms with Gasteiger partial charge in [-0.2, -0.15) is 0 Å². The molecule has 3 rings (SSSR count). The number of aromatic nitrogens is 1. The molecule has 1 saturated heterocycles. The van der Waals surface area contributed by atoms with Crippen molar-refractivity contribution in [3.63, 3.8) is 0 Å². The second-order valence-corrected chi connectivity index (χ2v) is 10.1. The number of hydrogen-bond acceptors (Lipinski definition) is 4. The first-order valence-corrected chi connectivity index (χ1v) is 11.3. The smallest absolute Gasteiger partial charge is 0.174 e. The number of benzene rings is 1. The van der Waals surface area contributed by atoms with Crippen molar-refractivity contribution in [1.29, 1.82) is 0 Å². The van der Waals surface area contributed by atoms with Crippen LogP contribution < -0.4 is 0 Å². The minimum atomic E-state index is -2.96. The maximum Gasteiger partial charge on any atom is 0.174 e. The number of thioether (sulfide) groups is 1. The Balaban J connectivity index is 1.75. The molecule has 0 saturated carbocycles. The fraction of sp³-hybridized carbons (Fsp3) is 0.389. The van der Waals surface area contributed by atoms with E-state index in [1.165, 1.54) is 11.8 Å². The van der Waals surface area contributed by atoms with Crippen LogP contribution in [-0.4, -0.2) is 36.0 Å². The van der Waals surface area contributed by atoms with E-state index in [0.29, 0.717) is 22.8 Å². The summed E-state index contributed by atoms with van der Waals surface area (Å²) in [6, 6.07) is 9.22. The lowest BCUT2D eigenvalue weighted by molar-refractivity contribution is 0.102. The van der Waals surface area contributed by atoms with Gasteiger partial charge in [0.15, 0.2) is 15.6 Å². The summed E-state index contributed by atoms with van der Waals surface area (Å²) in [5, 5.41) is 0.672. The fourth-order valence-electron chi connectivity index (χ4n) is 3.36. The van der Waals surface area contributed by atoms with Crippen LogP contribution in [0.2, 0.25) is 5.02 Å². The number of carbonyl (C=O) groups excluding carboxylic acids is 1. The SMILES string of the molecule is Cc1cc(C(=O)CSc2ccc(Cl)cc2)c(C)n1[C@@H]1CCS(=O)(=O)C1. The maximum absolute atomic E-state index is 12.6. The standard InChI is InChI=1S/C18H20ClNO3S2/c1-12-9-17(13(2)20(12)15-7-8-25(22,23)11-15)18(21)10-24-16-5-3-14(19)4-6-16/h3-6,9,15H,7-8,10-11H2,1-2H3/t15-/m1/s1. The predicted molar refractivity (Wildman–Crippen MR) is 103 cm³/mol. The Morgan fingerprint density at radius 2 is 1.96 bits per heavy atom. The van der Waals surface area contributed by atoms with Crippen molar-refractivity contribution < 1.29 is 13.2 Å². The van der Waals surface area contributed by atoms with Crippen molar-refractivity contribution in [3.05, 3.63) is 52.3 Å². The highest BCUT2D eigenvalue weighted by atomic mass is 35.5. The molecule has 1 aromatic carbocycles. The first-order chi connectivity index (χ1) is 11.8. The van der Waals surface area contributed by atoms with Gasteiger partial charge in [-0.25, -0.2) is 8.42 Å². The Bertz CT molecular complexity index is 901. The molecule has 25 heavy (non-hydrogen) atoms. The molecule has 2 heterocycles. The number of hydrogen-bond donors (Lipinski definition) is 0. The van der Waals surface area contributed by atoms with E-state index in [1.807, 2.05) is 36.6 Å². The summed E-state index contributed by atoms with van der Waals surface area (Å²) in [6.07, 6.45) is 0.617. The lowest BCUT2D eigenvalue weighted by Crippen LogP contribution is -2.14. The Morgan fingerprint density at radius 1 is 1.28 bits per heavy atom. The van der Waals surface area contributed by atoms with Crippen LogP contribution in [0.15, 0.2) is 35.2 Å². The third kappa shape index (κ3) is 4.13. The lowest BCUT2D eigenvalue weighted by atomic mass is 10.2. The quantitative estimate of drug-likeness (QED) is 0.563. The molecule has 1 atom stereocenters. The van der Waals surface area contributed by atoms with Gasteiger partial charge in [-0.15, -0.1) is 11.8 Å². The van der Waals surface area contributed by atoms with Crippen LogP contribution in [0.4, 0.5) is 0 Å². The summed E-state index contributed by atoms with van der Waals surface area (Å²) in [7, 11) is -2.96. The van der Waals surface area contributed by atoms with Crippen LogP contribution >= 0.6 is 23.4 Å². The van der Waals surface area contributed by atoms with Crippen molar-refractivity contribution in [2.75, 3.05) is 17.3 Å². The van der Waals surface area contributed by atoms with Crippen LogP contribution in [0.5, 0.6) is 0 Å². The Labute approximate surface area is 157 Å². The number of carbonyl (C=O) groups is 1. The first-order valence-electron chi connectivity index (χ1n) is 8.07. The molecule has 7 heteroatoms. The van der Waals surface area contributed by atoms with Crippen molar-refractivity contribution in [2.45, 2.75) is 31.2 Å². The van der Waals surface area contributed by atoms with Gasteiger partial charge in [0.25, 0.3) is 0 Å². The predicted octanol–water partition coefficient (Wildman–Crippen LogP) is 4.09.